The average Bonchev–Trinajstić information content (AvgIpc) is 2.84. The van der Waals surface area contributed by atoms with E-state index in [9.17, 15) is 9.50 Å². The molecule has 0 fully saturated rings. The average molecular weight is 316 g/mol. The lowest BCUT2D eigenvalue weighted by Gasteiger charge is -2.14. The smallest absolute Gasteiger partial charge is 0.147 e. The summed E-state index contributed by atoms with van der Waals surface area (Å²) in [4.78, 5) is 4.78. The lowest BCUT2D eigenvalue weighted by Crippen LogP contribution is -2.06. The van der Waals surface area contributed by atoms with Gasteiger partial charge in [0.25, 0.3) is 0 Å². The van der Waals surface area contributed by atoms with Crippen molar-refractivity contribution in [2.45, 2.75) is 23.6 Å². The molecule has 0 bridgehead atoms. The predicted molar refractivity (Wildman–Crippen MR) is 80.8 cm³/mol. The Morgan fingerprint density at radius 1 is 1.45 bits per heavy atom. The molecule has 2 aromatic rings. The van der Waals surface area contributed by atoms with Crippen LogP contribution in [0.5, 0.6) is 11.5 Å². The highest BCUT2D eigenvalue weighted by Crippen LogP contribution is 2.44. The first kappa shape index (κ1) is 14.8. The number of pyridine rings is 1. The summed E-state index contributed by atoms with van der Waals surface area (Å²) in [6.45, 7) is 0. The molecule has 3 rings (SSSR count). The number of aliphatic hydroxyl groups is 1. The van der Waals surface area contributed by atoms with Crippen LogP contribution in [0.1, 0.15) is 22.8 Å². The lowest BCUT2D eigenvalue weighted by atomic mass is 10.1. The highest BCUT2D eigenvalue weighted by atomic mass is 32.2. The summed E-state index contributed by atoms with van der Waals surface area (Å²) in [5.41, 5.74) is 1.66. The zero-order chi connectivity index (χ0) is 15.7. The van der Waals surface area contributed by atoms with Gasteiger partial charge in [-0.1, -0.05) is 0 Å². The van der Waals surface area contributed by atoms with Gasteiger partial charge in [-0.15, -0.1) is 11.8 Å². The molecule has 0 saturated heterocycles. The van der Waals surface area contributed by atoms with Crippen molar-refractivity contribution in [2.24, 2.45) is 0 Å². The first-order valence-corrected chi connectivity index (χ1v) is 7.91. The van der Waals surface area contributed by atoms with Crippen LogP contribution in [0, 0.1) is 11.3 Å². The van der Waals surface area contributed by atoms with E-state index in [0.717, 1.165) is 4.90 Å². The van der Waals surface area contributed by atoms with E-state index in [1.807, 2.05) is 18.4 Å². The first-order chi connectivity index (χ1) is 10.6. The first-order valence-electron chi connectivity index (χ1n) is 6.69. The Morgan fingerprint density at radius 3 is 3.00 bits per heavy atom. The maximum atomic E-state index is 13.9. The fraction of sp³-hybridized carbons (Fsp3) is 0.250. The van der Waals surface area contributed by atoms with E-state index in [1.54, 1.807) is 12.1 Å². The maximum absolute atomic E-state index is 13.9. The summed E-state index contributed by atoms with van der Waals surface area (Å²) in [6, 6.07) is 7.13. The van der Waals surface area contributed by atoms with Crippen LogP contribution in [0.3, 0.4) is 0 Å². The number of ether oxygens (including phenoxy) is 1. The molecular weight excluding hydrogens is 303 g/mol. The monoisotopic (exact) mass is 316 g/mol. The molecule has 1 heterocycles. The zero-order valence-corrected chi connectivity index (χ0v) is 12.6. The molecule has 2 atom stereocenters. The minimum atomic E-state index is -1.32. The van der Waals surface area contributed by atoms with E-state index in [4.69, 9.17) is 10.00 Å². The van der Waals surface area contributed by atoms with E-state index in [0.29, 0.717) is 28.2 Å². The van der Waals surface area contributed by atoms with Crippen molar-refractivity contribution in [1.29, 1.82) is 5.26 Å². The number of benzene rings is 1. The van der Waals surface area contributed by atoms with E-state index < -0.39 is 12.3 Å². The molecule has 0 saturated carbocycles. The number of thioether (sulfide) groups is 1. The van der Waals surface area contributed by atoms with Crippen LogP contribution < -0.4 is 4.74 Å². The third-order valence-corrected chi connectivity index (χ3v) is 4.40. The van der Waals surface area contributed by atoms with Gasteiger partial charge in [0.15, 0.2) is 0 Å². The zero-order valence-electron chi connectivity index (χ0n) is 11.8. The molecule has 22 heavy (non-hydrogen) atoms. The summed E-state index contributed by atoms with van der Waals surface area (Å²) in [5, 5.41) is 18.9. The minimum absolute atomic E-state index is 0.117. The summed E-state index contributed by atoms with van der Waals surface area (Å²) < 4.78 is 19.7. The van der Waals surface area contributed by atoms with Gasteiger partial charge in [-0.25, -0.2) is 4.39 Å². The summed E-state index contributed by atoms with van der Waals surface area (Å²) in [5.74, 6) is 0.902. The van der Waals surface area contributed by atoms with E-state index >= 15 is 0 Å². The Morgan fingerprint density at radius 2 is 2.27 bits per heavy atom. The topological polar surface area (TPSA) is 66.1 Å². The van der Waals surface area contributed by atoms with Crippen LogP contribution in [-0.4, -0.2) is 22.5 Å². The van der Waals surface area contributed by atoms with E-state index in [1.165, 1.54) is 24.2 Å². The Kier molecular flexibility index (Phi) is 4.01. The summed E-state index contributed by atoms with van der Waals surface area (Å²) in [6.07, 6.45) is 2.49. The number of aromatic nitrogens is 1. The van der Waals surface area contributed by atoms with Crippen LogP contribution in [0.4, 0.5) is 4.39 Å². The van der Waals surface area contributed by atoms with Gasteiger partial charge in [-0.3, -0.25) is 4.98 Å². The van der Waals surface area contributed by atoms with Crippen molar-refractivity contribution in [3.05, 3.63) is 47.3 Å². The van der Waals surface area contributed by atoms with E-state index in [2.05, 4.69) is 4.98 Å². The number of aliphatic hydroxyl groups excluding tert-OH is 1. The quantitative estimate of drug-likeness (QED) is 0.879. The van der Waals surface area contributed by atoms with Gasteiger partial charge in [-0.05, 0) is 18.4 Å². The maximum Gasteiger partial charge on any atom is 0.147 e. The predicted octanol–water partition coefficient (Wildman–Crippen LogP) is 3.40. The molecule has 0 aliphatic heterocycles. The fourth-order valence-electron chi connectivity index (χ4n) is 2.58. The summed E-state index contributed by atoms with van der Waals surface area (Å²) >= 11 is 1.46. The normalized spacial score (nSPS) is 19.5. The molecule has 112 valence electrons. The van der Waals surface area contributed by atoms with E-state index in [-0.39, 0.29) is 6.42 Å². The van der Waals surface area contributed by atoms with Crippen LogP contribution in [0.15, 0.2) is 35.5 Å². The molecule has 2 unspecified atom stereocenters. The molecule has 6 heteroatoms. The number of hydrogen-bond acceptors (Lipinski definition) is 5. The molecule has 1 aromatic heterocycles. The highest BCUT2D eigenvalue weighted by molar-refractivity contribution is 7.98. The van der Waals surface area contributed by atoms with Gasteiger partial charge in [0.05, 0.1) is 11.8 Å². The van der Waals surface area contributed by atoms with Gasteiger partial charge in [-0.2, -0.15) is 5.26 Å². The number of rotatable bonds is 3. The van der Waals surface area contributed by atoms with Crippen molar-refractivity contribution in [2.75, 3.05) is 6.26 Å². The van der Waals surface area contributed by atoms with Gasteiger partial charge in [0, 0.05) is 34.7 Å². The second kappa shape index (κ2) is 5.95. The van der Waals surface area contributed by atoms with Gasteiger partial charge in [0.2, 0.25) is 0 Å². The minimum Gasteiger partial charge on any atom is -0.455 e. The second-order valence-electron chi connectivity index (χ2n) is 4.95. The molecule has 1 N–H and O–H groups in total. The molecule has 0 amide bonds. The number of fused-ring (bicyclic) bond motifs is 1. The van der Waals surface area contributed by atoms with Gasteiger partial charge < -0.3 is 9.84 Å². The number of hydrogen-bond donors (Lipinski definition) is 1. The fourth-order valence-corrected chi connectivity index (χ4v) is 3.25. The number of nitrogens with zero attached hydrogens (tertiary/aromatic N) is 2. The largest absolute Gasteiger partial charge is 0.455 e. The van der Waals surface area contributed by atoms with Crippen molar-refractivity contribution in [1.82, 2.24) is 4.98 Å². The lowest BCUT2D eigenvalue weighted by molar-refractivity contribution is 0.0908. The molecule has 0 spiro atoms. The third-order valence-electron chi connectivity index (χ3n) is 3.60. The van der Waals surface area contributed by atoms with Crippen LogP contribution in [0.25, 0.3) is 0 Å². The number of alkyl halides is 1. The van der Waals surface area contributed by atoms with Crippen LogP contribution >= 0.6 is 11.8 Å². The Bertz CT molecular complexity index is 760. The Hall–Kier alpha value is -2.10. The molecule has 4 nitrogen and oxygen atoms in total. The molecule has 1 aromatic carbocycles. The second-order valence-corrected chi connectivity index (χ2v) is 5.79. The van der Waals surface area contributed by atoms with Gasteiger partial charge >= 0.3 is 0 Å². The van der Waals surface area contributed by atoms with Crippen molar-refractivity contribution >= 4 is 11.8 Å². The number of nitriles is 1. The van der Waals surface area contributed by atoms with Gasteiger partial charge in [0.1, 0.15) is 29.8 Å². The molecular formula is C16H13FN2O2S. The van der Waals surface area contributed by atoms with Crippen molar-refractivity contribution < 1.29 is 14.2 Å². The van der Waals surface area contributed by atoms with Crippen molar-refractivity contribution in [3.8, 4) is 17.6 Å². The third kappa shape index (κ3) is 2.54. The number of halogens is 1. The Balaban J connectivity index is 2.01. The molecule has 1 aliphatic rings. The van der Waals surface area contributed by atoms with Crippen LogP contribution in [-0.2, 0) is 6.42 Å². The standard InChI is InChI=1S/C16H13FN2O2S/c1-22-14-3-2-13(11-5-12(17)16(20)15(11)14)21-10-4-9(6-18)7-19-8-10/h2-4,7-8,12,16,20H,5H2,1H3. The SMILES string of the molecule is CSc1ccc(Oc2cncc(C#N)c2)c2c1C(O)C(F)C2. The van der Waals surface area contributed by atoms with Crippen molar-refractivity contribution in [3.63, 3.8) is 0 Å². The Labute approximate surface area is 131 Å². The summed E-state index contributed by atoms with van der Waals surface area (Å²) in [7, 11) is 0. The molecule has 1 aliphatic carbocycles. The van der Waals surface area contributed by atoms with Crippen LogP contribution in [0.2, 0.25) is 0 Å². The molecule has 0 radical (unpaired) electrons. The highest BCUT2D eigenvalue weighted by Gasteiger charge is 2.35.